The number of amides is 1. The Morgan fingerprint density at radius 1 is 1.59 bits per heavy atom. The van der Waals surface area contributed by atoms with Crippen LogP contribution in [0.2, 0.25) is 0 Å². The van der Waals surface area contributed by atoms with E-state index in [9.17, 15) is 14.7 Å². The molecule has 3 N–H and O–H groups in total. The maximum absolute atomic E-state index is 11.9. The molecule has 0 bridgehead atoms. The van der Waals surface area contributed by atoms with Gasteiger partial charge in [0.05, 0.1) is 6.61 Å². The average molecular weight is 255 g/mol. The van der Waals surface area contributed by atoms with Crippen LogP contribution in [0.15, 0.2) is 16.4 Å². The fourth-order valence-corrected chi connectivity index (χ4v) is 2.03. The molecule has 0 atom stereocenters. The van der Waals surface area contributed by atoms with E-state index in [4.69, 9.17) is 5.11 Å². The number of rotatable bonds is 3. The molecular weight excluding hydrogens is 246 g/mol. The van der Waals surface area contributed by atoms with Crippen molar-refractivity contribution in [3.05, 3.63) is 27.5 Å². The van der Waals surface area contributed by atoms with Gasteiger partial charge in [-0.25, -0.2) is 0 Å². The lowest BCUT2D eigenvalue weighted by Crippen LogP contribution is -2.33. The van der Waals surface area contributed by atoms with Crippen molar-refractivity contribution < 1.29 is 15.0 Å². The number of aromatic nitrogens is 2. The Kier molecular flexibility index (Phi) is 3.07. The molecule has 0 radical (unpaired) electrons. The quantitative estimate of drug-likeness (QED) is 0.665. The third-order valence-corrected chi connectivity index (χ3v) is 2.83. The van der Waals surface area contributed by atoms with Crippen LogP contribution in [0, 0.1) is 0 Å². The molecular formula is C9H9N3O4S. The number of nitrogens with one attached hydrogen (secondary N) is 1. The van der Waals surface area contributed by atoms with Crippen LogP contribution >= 0.6 is 11.3 Å². The molecule has 2 heterocycles. The Hall–Kier alpha value is -1.93. The van der Waals surface area contributed by atoms with Crippen molar-refractivity contribution in [3.63, 3.8) is 0 Å². The number of nitrogens with zero attached hydrogens (tertiary/aromatic N) is 2. The second kappa shape index (κ2) is 4.52. The van der Waals surface area contributed by atoms with Gasteiger partial charge in [-0.1, -0.05) is 0 Å². The van der Waals surface area contributed by atoms with E-state index in [0.29, 0.717) is 4.96 Å². The SMILES string of the molecule is O=C(NCCO)c1c(O)nc2sccn2c1=O. The first-order valence-corrected chi connectivity index (χ1v) is 5.61. The van der Waals surface area contributed by atoms with E-state index >= 15 is 0 Å². The number of aromatic hydroxyl groups is 1. The summed E-state index contributed by atoms with van der Waals surface area (Å²) in [7, 11) is 0. The Bertz CT molecular complexity index is 618. The average Bonchev–Trinajstić information content (AvgIpc) is 2.74. The highest BCUT2D eigenvalue weighted by Gasteiger charge is 2.19. The first kappa shape index (κ1) is 11.6. The summed E-state index contributed by atoms with van der Waals surface area (Å²) >= 11 is 1.17. The van der Waals surface area contributed by atoms with E-state index < -0.39 is 22.9 Å². The van der Waals surface area contributed by atoms with Gasteiger partial charge >= 0.3 is 0 Å². The second-order valence-electron chi connectivity index (χ2n) is 3.15. The highest BCUT2D eigenvalue weighted by atomic mass is 32.1. The van der Waals surface area contributed by atoms with Gasteiger partial charge in [-0.05, 0) is 0 Å². The summed E-state index contributed by atoms with van der Waals surface area (Å²) < 4.78 is 1.18. The number of aliphatic hydroxyl groups excluding tert-OH is 1. The van der Waals surface area contributed by atoms with Gasteiger partial charge < -0.3 is 15.5 Å². The van der Waals surface area contributed by atoms with Crippen LogP contribution in [0.4, 0.5) is 0 Å². The smallest absolute Gasteiger partial charge is 0.275 e. The lowest BCUT2D eigenvalue weighted by Gasteiger charge is -2.04. The summed E-state index contributed by atoms with van der Waals surface area (Å²) in [5.41, 5.74) is -1.06. The number of aliphatic hydroxyl groups is 1. The van der Waals surface area contributed by atoms with Crippen molar-refractivity contribution in [1.29, 1.82) is 0 Å². The zero-order valence-corrected chi connectivity index (χ0v) is 9.40. The first-order chi connectivity index (χ1) is 8.15. The molecule has 1 amide bonds. The van der Waals surface area contributed by atoms with Crippen molar-refractivity contribution in [2.24, 2.45) is 0 Å². The van der Waals surface area contributed by atoms with Gasteiger partial charge in [0.1, 0.15) is 0 Å². The number of thiazole rings is 1. The van der Waals surface area contributed by atoms with Crippen LogP contribution in [-0.2, 0) is 0 Å². The predicted octanol–water partition coefficient (Wildman–Crippen LogP) is -0.816. The first-order valence-electron chi connectivity index (χ1n) is 4.73. The predicted molar refractivity (Wildman–Crippen MR) is 60.4 cm³/mol. The number of hydrogen-bond donors (Lipinski definition) is 3. The van der Waals surface area contributed by atoms with Crippen molar-refractivity contribution in [2.45, 2.75) is 0 Å². The number of fused-ring (bicyclic) bond motifs is 1. The molecule has 17 heavy (non-hydrogen) atoms. The molecule has 8 heteroatoms. The third kappa shape index (κ3) is 1.99. The molecule has 0 fully saturated rings. The van der Waals surface area contributed by atoms with Gasteiger partial charge in [0.2, 0.25) is 5.88 Å². The molecule has 0 spiro atoms. The Balaban J connectivity index is 2.53. The minimum Gasteiger partial charge on any atom is -0.492 e. The highest BCUT2D eigenvalue weighted by Crippen LogP contribution is 2.14. The summed E-state index contributed by atoms with van der Waals surface area (Å²) in [6, 6.07) is 0. The molecule has 90 valence electrons. The molecule has 2 aromatic rings. The maximum atomic E-state index is 11.9. The van der Waals surface area contributed by atoms with Crippen LogP contribution in [0.5, 0.6) is 5.88 Å². The van der Waals surface area contributed by atoms with Crippen LogP contribution in [0.3, 0.4) is 0 Å². The molecule has 7 nitrogen and oxygen atoms in total. The molecule has 0 aliphatic rings. The topological polar surface area (TPSA) is 104 Å². The van der Waals surface area contributed by atoms with E-state index in [1.165, 1.54) is 21.9 Å². The van der Waals surface area contributed by atoms with E-state index in [-0.39, 0.29) is 13.2 Å². The van der Waals surface area contributed by atoms with Gasteiger partial charge in [0.25, 0.3) is 11.5 Å². The monoisotopic (exact) mass is 255 g/mol. The van der Waals surface area contributed by atoms with Crippen molar-refractivity contribution in [2.75, 3.05) is 13.2 Å². The Morgan fingerprint density at radius 2 is 2.35 bits per heavy atom. The summed E-state index contributed by atoms with van der Waals surface area (Å²) in [5.74, 6) is -1.36. The molecule has 2 rings (SSSR count). The molecule has 0 aliphatic carbocycles. The largest absolute Gasteiger partial charge is 0.492 e. The zero-order valence-electron chi connectivity index (χ0n) is 8.58. The van der Waals surface area contributed by atoms with Crippen LogP contribution in [0.25, 0.3) is 4.96 Å². The fourth-order valence-electron chi connectivity index (χ4n) is 1.33. The summed E-state index contributed by atoms with van der Waals surface area (Å²) in [5, 5.41) is 22.0. The van der Waals surface area contributed by atoms with Gasteiger partial charge in [-0.2, -0.15) is 4.98 Å². The van der Waals surface area contributed by atoms with Crippen LogP contribution in [-0.4, -0.2) is 38.7 Å². The lowest BCUT2D eigenvalue weighted by molar-refractivity contribution is 0.0939. The molecule has 0 unspecified atom stereocenters. The van der Waals surface area contributed by atoms with E-state index in [1.807, 2.05) is 0 Å². The summed E-state index contributed by atoms with van der Waals surface area (Å²) in [6.07, 6.45) is 1.47. The minimum absolute atomic E-state index is 0.00402. The van der Waals surface area contributed by atoms with E-state index in [1.54, 1.807) is 5.38 Å². The van der Waals surface area contributed by atoms with Gasteiger partial charge in [0, 0.05) is 18.1 Å². The van der Waals surface area contributed by atoms with Crippen molar-refractivity contribution in [3.8, 4) is 5.88 Å². The fraction of sp³-hybridized carbons (Fsp3) is 0.222. The minimum atomic E-state index is -0.755. The number of carbonyl (C=O) groups excluding carboxylic acids is 1. The molecule has 2 aromatic heterocycles. The summed E-state index contributed by atoms with van der Waals surface area (Å²) in [4.78, 5) is 27.5. The number of carbonyl (C=O) groups is 1. The van der Waals surface area contributed by atoms with Crippen LogP contribution < -0.4 is 10.9 Å². The summed E-state index contributed by atoms with van der Waals surface area (Å²) in [6.45, 7) is -0.244. The van der Waals surface area contributed by atoms with Gasteiger partial charge in [0.15, 0.2) is 10.5 Å². The van der Waals surface area contributed by atoms with E-state index in [0.717, 1.165) is 0 Å². The third-order valence-electron chi connectivity index (χ3n) is 2.07. The Morgan fingerprint density at radius 3 is 3.06 bits per heavy atom. The zero-order chi connectivity index (χ0) is 12.4. The van der Waals surface area contributed by atoms with E-state index in [2.05, 4.69) is 10.3 Å². The van der Waals surface area contributed by atoms with Crippen molar-refractivity contribution >= 4 is 22.2 Å². The number of hydrogen-bond acceptors (Lipinski definition) is 6. The second-order valence-corrected chi connectivity index (χ2v) is 4.02. The van der Waals surface area contributed by atoms with Crippen LogP contribution in [0.1, 0.15) is 10.4 Å². The van der Waals surface area contributed by atoms with Gasteiger partial charge in [-0.15, -0.1) is 11.3 Å². The molecule has 0 aromatic carbocycles. The molecule has 0 saturated carbocycles. The van der Waals surface area contributed by atoms with Gasteiger partial charge in [-0.3, -0.25) is 14.0 Å². The molecule has 0 saturated heterocycles. The molecule has 0 aliphatic heterocycles. The maximum Gasteiger partial charge on any atom is 0.275 e. The normalized spacial score (nSPS) is 10.6. The standard InChI is InChI=1S/C9H9N3O4S/c13-3-1-10-6(14)5-7(15)11-9-12(8(5)16)2-4-17-9/h2,4,13,15H,1,3H2,(H,10,14). The Labute approximate surface area is 99.0 Å². The van der Waals surface area contributed by atoms with Crippen molar-refractivity contribution in [1.82, 2.24) is 14.7 Å². The highest BCUT2D eigenvalue weighted by molar-refractivity contribution is 7.15. The lowest BCUT2D eigenvalue weighted by atomic mass is 10.3.